The SMILES string of the molecule is C=CC(O)c1c(Cl)ccc(I)c1F. The van der Waals surface area contributed by atoms with Gasteiger partial charge in [-0.3, -0.25) is 0 Å². The molecule has 0 heterocycles. The summed E-state index contributed by atoms with van der Waals surface area (Å²) in [6.45, 7) is 3.37. The molecule has 0 aliphatic rings. The van der Waals surface area contributed by atoms with Gasteiger partial charge in [-0.25, -0.2) is 4.39 Å². The van der Waals surface area contributed by atoms with Crippen molar-refractivity contribution in [3.05, 3.63) is 44.8 Å². The first-order valence-corrected chi connectivity index (χ1v) is 4.97. The van der Waals surface area contributed by atoms with Crippen LogP contribution < -0.4 is 0 Å². The van der Waals surface area contributed by atoms with Crippen molar-refractivity contribution in [2.24, 2.45) is 0 Å². The summed E-state index contributed by atoms with van der Waals surface area (Å²) >= 11 is 7.56. The summed E-state index contributed by atoms with van der Waals surface area (Å²) in [4.78, 5) is 0. The monoisotopic (exact) mass is 312 g/mol. The lowest BCUT2D eigenvalue weighted by atomic mass is 10.1. The number of aliphatic hydroxyl groups is 1. The lowest BCUT2D eigenvalue weighted by molar-refractivity contribution is 0.223. The molecule has 0 saturated carbocycles. The smallest absolute Gasteiger partial charge is 0.144 e. The number of hydrogen-bond donors (Lipinski definition) is 1. The number of aliphatic hydroxyl groups excluding tert-OH is 1. The first-order valence-electron chi connectivity index (χ1n) is 3.52. The van der Waals surface area contributed by atoms with E-state index in [0.717, 1.165) is 0 Å². The molecule has 0 amide bonds. The van der Waals surface area contributed by atoms with Crippen LogP contribution in [-0.4, -0.2) is 5.11 Å². The van der Waals surface area contributed by atoms with Gasteiger partial charge < -0.3 is 5.11 Å². The number of benzene rings is 1. The van der Waals surface area contributed by atoms with Crippen LogP contribution in [0.5, 0.6) is 0 Å². The fraction of sp³-hybridized carbons (Fsp3) is 0.111. The average Bonchev–Trinajstić information content (AvgIpc) is 2.12. The molecular weight excluding hydrogens is 305 g/mol. The maximum absolute atomic E-state index is 13.4. The highest BCUT2D eigenvalue weighted by molar-refractivity contribution is 14.1. The van der Waals surface area contributed by atoms with E-state index in [2.05, 4.69) is 6.58 Å². The van der Waals surface area contributed by atoms with Gasteiger partial charge in [-0.1, -0.05) is 17.7 Å². The van der Waals surface area contributed by atoms with Crippen LogP contribution in [0.25, 0.3) is 0 Å². The largest absolute Gasteiger partial charge is 0.384 e. The zero-order valence-corrected chi connectivity index (χ0v) is 9.51. The maximum atomic E-state index is 13.4. The number of rotatable bonds is 2. The minimum absolute atomic E-state index is 0.0866. The second-order valence-electron chi connectivity index (χ2n) is 2.44. The normalized spacial score (nSPS) is 12.6. The van der Waals surface area contributed by atoms with E-state index in [9.17, 15) is 9.50 Å². The third-order valence-corrected chi connectivity index (χ3v) is 2.76. The lowest BCUT2D eigenvalue weighted by Crippen LogP contribution is -2.00. The van der Waals surface area contributed by atoms with Gasteiger partial charge in [-0.05, 0) is 34.7 Å². The van der Waals surface area contributed by atoms with Crippen LogP contribution in [0.4, 0.5) is 4.39 Å². The standard InChI is InChI=1S/C9H7ClFIO/c1-2-7(13)8-5(10)3-4-6(12)9(8)11/h2-4,7,13H,1H2. The molecule has 1 aromatic rings. The minimum Gasteiger partial charge on any atom is -0.384 e. The molecule has 70 valence electrons. The van der Waals surface area contributed by atoms with E-state index >= 15 is 0 Å². The predicted molar refractivity (Wildman–Crippen MR) is 59.3 cm³/mol. The Morgan fingerprint density at radius 1 is 1.62 bits per heavy atom. The topological polar surface area (TPSA) is 20.2 Å². The molecule has 0 bridgehead atoms. The summed E-state index contributed by atoms with van der Waals surface area (Å²) in [5, 5.41) is 9.58. The summed E-state index contributed by atoms with van der Waals surface area (Å²) in [6, 6.07) is 3.10. The molecule has 0 spiro atoms. The van der Waals surface area contributed by atoms with Crippen LogP contribution in [0.15, 0.2) is 24.8 Å². The van der Waals surface area contributed by atoms with Crippen LogP contribution in [-0.2, 0) is 0 Å². The van der Waals surface area contributed by atoms with Gasteiger partial charge >= 0.3 is 0 Å². The van der Waals surface area contributed by atoms with Crippen molar-refractivity contribution in [2.75, 3.05) is 0 Å². The molecule has 4 heteroatoms. The Labute approximate surface area is 94.4 Å². The third kappa shape index (κ3) is 2.21. The van der Waals surface area contributed by atoms with E-state index in [1.807, 2.05) is 22.6 Å². The van der Waals surface area contributed by atoms with Crippen molar-refractivity contribution >= 4 is 34.2 Å². The van der Waals surface area contributed by atoms with Gasteiger partial charge in [0.05, 0.1) is 0 Å². The highest BCUT2D eigenvalue weighted by atomic mass is 127. The maximum Gasteiger partial charge on any atom is 0.144 e. The van der Waals surface area contributed by atoms with E-state index in [4.69, 9.17) is 11.6 Å². The fourth-order valence-corrected chi connectivity index (χ4v) is 1.66. The van der Waals surface area contributed by atoms with Gasteiger partial charge in [0.2, 0.25) is 0 Å². The Kier molecular flexibility index (Phi) is 3.70. The van der Waals surface area contributed by atoms with Crippen LogP contribution in [0, 0.1) is 9.39 Å². The van der Waals surface area contributed by atoms with Crippen LogP contribution in [0.3, 0.4) is 0 Å². The summed E-state index contributed by atoms with van der Waals surface area (Å²) < 4.78 is 13.8. The molecule has 0 radical (unpaired) electrons. The first kappa shape index (κ1) is 10.9. The molecule has 1 rings (SSSR count). The molecule has 1 aromatic carbocycles. The molecule has 1 nitrogen and oxygen atoms in total. The molecule has 1 N–H and O–H groups in total. The van der Waals surface area contributed by atoms with Gasteiger partial charge in [0, 0.05) is 14.2 Å². The lowest BCUT2D eigenvalue weighted by Gasteiger charge is -2.10. The molecule has 1 unspecified atom stereocenters. The van der Waals surface area contributed by atoms with E-state index < -0.39 is 11.9 Å². The van der Waals surface area contributed by atoms with E-state index in [0.29, 0.717) is 3.57 Å². The molecule has 0 saturated heterocycles. The summed E-state index contributed by atoms with van der Waals surface area (Å²) in [7, 11) is 0. The quantitative estimate of drug-likeness (QED) is 0.505. The van der Waals surface area contributed by atoms with Gasteiger partial charge in [0.1, 0.15) is 11.9 Å². The average molecular weight is 313 g/mol. The van der Waals surface area contributed by atoms with Crippen molar-refractivity contribution in [3.63, 3.8) is 0 Å². The highest BCUT2D eigenvalue weighted by Crippen LogP contribution is 2.29. The molecule has 1 atom stereocenters. The first-order chi connectivity index (χ1) is 6.07. The predicted octanol–water partition coefficient (Wildman–Crippen LogP) is 3.30. The van der Waals surface area contributed by atoms with Gasteiger partial charge in [-0.15, -0.1) is 6.58 Å². The zero-order valence-electron chi connectivity index (χ0n) is 6.60. The molecule has 0 aliphatic carbocycles. The van der Waals surface area contributed by atoms with Crippen molar-refractivity contribution in [1.29, 1.82) is 0 Å². The third-order valence-electron chi connectivity index (χ3n) is 1.60. The van der Waals surface area contributed by atoms with Crippen molar-refractivity contribution < 1.29 is 9.50 Å². The number of hydrogen-bond acceptors (Lipinski definition) is 1. The zero-order chi connectivity index (χ0) is 10.0. The Hall–Kier alpha value is -0.130. The van der Waals surface area contributed by atoms with Crippen molar-refractivity contribution in [3.8, 4) is 0 Å². The Bertz CT molecular complexity index is 341. The van der Waals surface area contributed by atoms with E-state index in [1.165, 1.54) is 6.08 Å². The Morgan fingerprint density at radius 3 is 2.77 bits per heavy atom. The van der Waals surface area contributed by atoms with Crippen LogP contribution >= 0.6 is 34.2 Å². The fourth-order valence-electron chi connectivity index (χ4n) is 0.932. The number of halogens is 3. The van der Waals surface area contributed by atoms with Gasteiger partial charge in [0.15, 0.2) is 0 Å². The van der Waals surface area contributed by atoms with Crippen LogP contribution in [0.1, 0.15) is 11.7 Å². The molecule has 13 heavy (non-hydrogen) atoms. The van der Waals surface area contributed by atoms with Crippen LogP contribution in [0.2, 0.25) is 5.02 Å². The Balaban J connectivity index is 3.32. The summed E-state index contributed by atoms with van der Waals surface area (Å²) in [6.07, 6.45) is 0.183. The van der Waals surface area contributed by atoms with E-state index in [-0.39, 0.29) is 10.6 Å². The minimum atomic E-state index is -1.05. The second kappa shape index (κ2) is 4.39. The van der Waals surface area contributed by atoms with E-state index in [1.54, 1.807) is 12.1 Å². The Morgan fingerprint density at radius 2 is 2.23 bits per heavy atom. The molecule has 0 fully saturated rings. The molecule has 0 aromatic heterocycles. The molecule has 0 aliphatic heterocycles. The summed E-state index contributed by atoms with van der Waals surface area (Å²) in [5.41, 5.74) is 0.0866. The second-order valence-corrected chi connectivity index (χ2v) is 4.01. The summed E-state index contributed by atoms with van der Waals surface area (Å²) in [5.74, 6) is -0.486. The van der Waals surface area contributed by atoms with Gasteiger partial charge in [0.25, 0.3) is 0 Å². The molecular formula is C9H7ClFIO. The highest BCUT2D eigenvalue weighted by Gasteiger charge is 2.15. The van der Waals surface area contributed by atoms with Crippen molar-refractivity contribution in [2.45, 2.75) is 6.10 Å². The van der Waals surface area contributed by atoms with Crippen molar-refractivity contribution in [1.82, 2.24) is 0 Å². The van der Waals surface area contributed by atoms with Gasteiger partial charge in [-0.2, -0.15) is 0 Å².